The van der Waals surface area contributed by atoms with Crippen molar-refractivity contribution in [3.05, 3.63) is 16.6 Å². The van der Waals surface area contributed by atoms with Crippen LogP contribution in [0.4, 0.5) is 0 Å². The molecule has 3 heteroatoms. The predicted octanol–water partition coefficient (Wildman–Crippen LogP) is 2.59. The minimum Gasteiger partial charge on any atom is -0.309 e. The average Bonchev–Trinajstić information content (AvgIpc) is 2.73. The second-order valence-corrected chi connectivity index (χ2v) is 5.42. The lowest BCUT2D eigenvalue weighted by Crippen LogP contribution is -2.48. The van der Waals surface area contributed by atoms with E-state index < -0.39 is 0 Å². The molecule has 2 fully saturated rings. The fourth-order valence-corrected chi connectivity index (χ4v) is 3.66. The van der Waals surface area contributed by atoms with Gasteiger partial charge < -0.3 is 5.32 Å². The van der Waals surface area contributed by atoms with E-state index in [-0.39, 0.29) is 0 Å². The maximum atomic E-state index is 4.16. The normalized spacial score (nSPS) is 33.1. The Morgan fingerprint density at radius 3 is 2.79 bits per heavy atom. The van der Waals surface area contributed by atoms with Gasteiger partial charge in [-0.15, -0.1) is 11.3 Å². The molecule has 3 rings (SSSR count). The van der Waals surface area contributed by atoms with Crippen LogP contribution in [0.1, 0.15) is 36.6 Å². The highest BCUT2D eigenvalue weighted by molar-refractivity contribution is 7.09. The molecule has 0 aromatic carbocycles. The summed E-state index contributed by atoms with van der Waals surface area (Å²) in [5.41, 5.74) is 1.95. The molecule has 2 heterocycles. The molecule has 1 saturated heterocycles. The molecule has 0 amide bonds. The van der Waals surface area contributed by atoms with Crippen LogP contribution >= 0.6 is 11.3 Å². The highest BCUT2D eigenvalue weighted by atomic mass is 32.1. The summed E-state index contributed by atoms with van der Waals surface area (Å²) in [6.45, 7) is 1.23. The van der Waals surface area contributed by atoms with Crippen molar-refractivity contribution in [2.24, 2.45) is 11.8 Å². The number of nitrogens with zero attached hydrogens (tertiary/aromatic N) is 1. The summed E-state index contributed by atoms with van der Waals surface area (Å²) in [5, 5.41) is 3.55. The largest absolute Gasteiger partial charge is 0.309 e. The van der Waals surface area contributed by atoms with Crippen LogP contribution in [0.2, 0.25) is 0 Å². The van der Waals surface area contributed by atoms with Crippen LogP contribution in [0, 0.1) is 11.8 Å². The van der Waals surface area contributed by atoms with Crippen LogP contribution in [0.15, 0.2) is 11.7 Å². The van der Waals surface area contributed by atoms with Crippen molar-refractivity contribution in [1.29, 1.82) is 0 Å². The molecule has 14 heavy (non-hydrogen) atoms. The molecule has 1 aliphatic carbocycles. The fraction of sp³-hybridized carbons (Fsp3) is 0.727. The minimum atomic E-state index is 0.630. The van der Waals surface area contributed by atoms with Crippen LogP contribution in [0.3, 0.4) is 0 Å². The van der Waals surface area contributed by atoms with Gasteiger partial charge in [-0.05, 0) is 11.8 Å². The van der Waals surface area contributed by atoms with Crippen molar-refractivity contribution in [3.8, 4) is 0 Å². The van der Waals surface area contributed by atoms with Gasteiger partial charge in [0.15, 0.2) is 0 Å². The highest BCUT2D eigenvalue weighted by Gasteiger charge is 2.38. The highest BCUT2D eigenvalue weighted by Crippen LogP contribution is 2.42. The topological polar surface area (TPSA) is 24.9 Å². The molecule has 1 aliphatic heterocycles. The first-order chi connectivity index (χ1) is 6.95. The van der Waals surface area contributed by atoms with E-state index in [1.807, 2.05) is 11.7 Å². The van der Waals surface area contributed by atoms with Crippen LogP contribution in [0.5, 0.6) is 0 Å². The Kier molecular flexibility index (Phi) is 2.30. The lowest BCUT2D eigenvalue weighted by atomic mass is 9.79. The van der Waals surface area contributed by atoms with Crippen LogP contribution < -0.4 is 5.32 Å². The third-order valence-corrected chi connectivity index (χ3v) is 4.62. The SMILES string of the molecule is c1ncc(C2NCC2C2CCCC2)s1. The molecule has 1 saturated carbocycles. The number of thiazole rings is 1. The standard InChI is InChI=1S/C11H16N2S/c1-2-4-8(3-1)9-5-13-11(9)10-6-12-7-14-10/h6-9,11,13H,1-5H2. The summed E-state index contributed by atoms with van der Waals surface area (Å²) in [5.74, 6) is 1.89. The summed E-state index contributed by atoms with van der Waals surface area (Å²) in [6, 6.07) is 0.630. The van der Waals surface area contributed by atoms with Gasteiger partial charge in [0.25, 0.3) is 0 Å². The lowest BCUT2D eigenvalue weighted by molar-refractivity contribution is 0.158. The Bertz CT molecular complexity index is 290. The van der Waals surface area contributed by atoms with Crippen molar-refractivity contribution < 1.29 is 0 Å². The molecule has 2 atom stereocenters. The van der Waals surface area contributed by atoms with E-state index in [1.54, 1.807) is 11.3 Å². The number of rotatable bonds is 2. The third-order valence-electron chi connectivity index (χ3n) is 3.76. The molecular weight excluding hydrogens is 192 g/mol. The quantitative estimate of drug-likeness (QED) is 0.808. The van der Waals surface area contributed by atoms with Crippen molar-refractivity contribution in [2.75, 3.05) is 6.54 Å². The Morgan fingerprint density at radius 1 is 1.36 bits per heavy atom. The molecule has 0 radical (unpaired) electrons. The van der Waals surface area contributed by atoms with Gasteiger partial charge in [-0.1, -0.05) is 25.7 Å². The van der Waals surface area contributed by atoms with Gasteiger partial charge in [0.1, 0.15) is 0 Å². The molecule has 1 aromatic heterocycles. The molecule has 2 aliphatic rings. The van der Waals surface area contributed by atoms with Gasteiger partial charge in [-0.3, -0.25) is 4.98 Å². The summed E-state index contributed by atoms with van der Waals surface area (Å²) >= 11 is 1.80. The van der Waals surface area contributed by atoms with Crippen molar-refractivity contribution in [1.82, 2.24) is 10.3 Å². The lowest BCUT2D eigenvalue weighted by Gasteiger charge is -2.41. The number of hydrogen-bond donors (Lipinski definition) is 1. The fourth-order valence-electron chi connectivity index (χ4n) is 2.89. The van der Waals surface area contributed by atoms with Gasteiger partial charge in [-0.2, -0.15) is 0 Å². The molecule has 1 aromatic rings. The van der Waals surface area contributed by atoms with Gasteiger partial charge in [-0.25, -0.2) is 0 Å². The van der Waals surface area contributed by atoms with E-state index in [4.69, 9.17) is 0 Å². The van der Waals surface area contributed by atoms with Crippen LogP contribution in [-0.4, -0.2) is 11.5 Å². The van der Waals surface area contributed by atoms with E-state index in [0.29, 0.717) is 6.04 Å². The average molecular weight is 208 g/mol. The van der Waals surface area contributed by atoms with E-state index in [0.717, 1.165) is 11.8 Å². The number of hydrogen-bond acceptors (Lipinski definition) is 3. The maximum absolute atomic E-state index is 4.16. The molecule has 0 bridgehead atoms. The monoisotopic (exact) mass is 208 g/mol. The molecule has 0 spiro atoms. The van der Waals surface area contributed by atoms with Crippen LogP contribution in [0.25, 0.3) is 0 Å². The van der Waals surface area contributed by atoms with Crippen molar-refractivity contribution in [3.63, 3.8) is 0 Å². The second kappa shape index (κ2) is 3.63. The first-order valence-electron chi connectivity index (χ1n) is 5.57. The third kappa shape index (κ3) is 1.39. The van der Waals surface area contributed by atoms with E-state index in [1.165, 1.54) is 37.1 Å². The second-order valence-electron chi connectivity index (χ2n) is 4.50. The smallest absolute Gasteiger partial charge is 0.0794 e. The van der Waals surface area contributed by atoms with Gasteiger partial charge in [0.05, 0.1) is 5.51 Å². The zero-order valence-electron chi connectivity index (χ0n) is 8.28. The molecule has 1 N–H and O–H groups in total. The van der Waals surface area contributed by atoms with E-state index in [2.05, 4.69) is 10.3 Å². The zero-order chi connectivity index (χ0) is 9.38. The van der Waals surface area contributed by atoms with Crippen LogP contribution in [-0.2, 0) is 0 Å². The predicted molar refractivity (Wildman–Crippen MR) is 58.3 cm³/mol. The first kappa shape index (κ1) is 8.86. The van der Waals surface area contributed by atoms with Crippen molar-refractivity contribution in [2.45, 2.75) is 31.7 Å². The number of aromatic nitrogens is 1. The Balaban J connectivity index is 1.71. The Hall–Kier alpha value is -0.410. The van der Waals surface area contributed by atoms with E-state index in [9.17, 15) is 0 Å². The summed E-state index contributed by atoms with van der Waals surface area (Å²) in [4.78, 5) is 5.60. The summed E-state index contributed by atoms with van der Waals surface area (Å²) < 4.78 is 0. The van der Waals surface area contributed by atoms with Gasteiger partial charge in [0.2, 0.25) is 0 Å². The minimum absolute atomic E-state index is 0.630. The first-order valence-corrected chi connectivity index (χ1v) is 6.45. The van der Waals surface area contributed by atoms with Gasteiger partial charge in [0, 0.05) is 23.7 Å². The maximum Gasteiger partial charge on any atom is 0.0794 e. The van der Waals surface area contributed by atoms with Crippen molar-refractivity contribution >= 4 is 11.3 Å². The molecule has 2 unspecified atom stereocenters. The molecule has 76 valence electrons. The van der Waals surface area contributed by atoms with E-state index >= 15 is 0 Å². The Morgan fingerprint density at radius 2 is 2.21 bits per heavy atom. The number of nitrogens with one attached hydrogen (secondary N) is 1. The Labute approximate surface area is 88.7 Å². The molecular formula is C11H16N2S. The summed E-state index contributed by atoms with van der Waals surface area (Å²) in [7, 11) is 0. The zero-order valence-corrected chi connectivity index (χ0v) is 9.09. The van der Waals surface area contributed by atoms with Gasteiger partial charge >= 0.3 is 0 Å². The molecule has 2 nitrogen and oxygen atoms in total. The summed E-state index contributed by atoms with van der Waals surface area (Å²) in [6.07, 6.45) is 7.86.